The number of halogens is 1. The second-order valence-corrected chi connectivity index (χ2v) is 7.16. The Morgan fingerprint density at radius 2 is 1.93 bits per heavy atom. The van der Waals surface area contributed by atoms with E-state index >= 15 is 0 Å². The summed E-state index contributed by atoms with van der Waals surface area (Å²) in [5.41, 5.74) is 0.945. The Labute approximate surface area is 164 Å². The van der Waals surface area contributed by atoms with Crippen LogP contribution in [-0.4, -0.2) is 36.3 Å². The van der Waals surface area contributed by atoms with Gasteiger partial charge < -0.3 is 14.6 Å². The first-order valence-electron chi connectivity index (χ1n) is 9.12. The lowest BCUT2D eigenvalue weighted by Crippen LogP contribution is -2.41. The Kier molecular flexibility index (Phi) is 6.71. The van der Waals surface area contributed by atoms with Crippen LogP contribution in [0.1, 0.15) is 24.2 Å². The first kappa shape index (κ1) is 19.2. The second kappa shape index (κ2) is 9.42. The molecule has 0 radical (unpaired) electrons. The van der Waals surface area contributed by atoms with Crippen LogP contribution >= 0.6 is 11.6 Å². The number of hydrogen-bond acceptors (Lipinski definition) is 3. The van der Waals surface area contributed by atoms with Crippen molar-refractivity contribution in [1.82, 2.24) is 10.2 Å². The van der Waals surface area contributed by atoms with E-state index < -0.39 is 0 Å². The van der Waals surface area contributed by atoms with Crippen LogP contribution in [0, 0.1) is 5.92 Å². The number of carbonyl (C=O) groups is 2. The highest BCUT2D eigenvalue weighted by atomic mass is 35.5. The van der Waals surface area contributed by atoms with Gasteiger partial charge in [-0.2, -0.15) is 0 Å². The predicted octanol–water partition coefficient (Wildman–Crippen LogP) is 3.54. The summed E-state index contributed by atoms with van der Waals surface area (Å²) in [6, 6.07) is 10.9. The van der Waals surface area contributed by atoms with Crippen LogP contribution < -0.4 is 5.32 Å². The molecule has 0 bridgehead atoms. The van der Waals surface area contributed by atoms with E-state index in [1.54, 1.807) is 36.6 Å². The summed E-state index contributed by atoms with van der Waals surface area (Å²) in [6.07, 6.45) is 6.95. The molecule has 0 atom stereocenters. The predicted molar refractivity (Wildman–Crippen MR) is 105 cm³/mol. The monoisotopic (exact) mass is 386 g/mol. The Morgan fingerprint density at radius 1 is 1.19 bits per heavy atom. The molecule has 2 aromatic rings. The van der Waals surface area contributed by atoms with Crippen molar-refractivity contribution in [2.45, 2.75) is 19.3 Å². The summed E-state index contributed by atoms with van der Waals surface area (Å²) < 4.78 is 5.19. The molecule has 0 unspecified atom stereocenters. The van der Waals surface area contributed by atoms with Gasteiger partial charge in [0.05, 0.1) is 12.7 Å². The van der Waals surface area contributed by atoms with Gasteiger partial charge in [-0.15, -0.1) is 0 Å². The van der Waals surface area contributed by atoms with Crippen LogP contribution in [0.2, 0.25) is 5.02 Å². The summed E-state index contributed by atoms with van der Waals surface area (Å²) in [5, 5.41) is 3.67. The van der Waals surface area contributed by atoms with Crippen molar-refractivity contribution in [1.29, 1.82) is 0 Å². The van der Waals surface area contributed by atoms with E-state index in [0.717, 1.165) is 18.4 Å². The zero-order valence-electron chi connectivity index (χ0n) is 15.1. The molecule has 0 saturated carbocycles. The van der Waals surface area contributed by atoms with Crippen molar-refractivity contribution >= 4 is 29.5 Å². The molecule has 142 valence electrons. The molecule has 1 N–H and O–H groups in total. The van der Waals surface area contributed by atoms with E-state index in [2.05, 4.69) is 5.32 Å². The quantitative estimate of drug-likeness (QED) is 0.772. The second-order valence-electron chi connectivity index (χ2n) is 6.72. The van der Waals surface area contributed by atoms with Gasteiger partial charge in [0, 0.05) is 30.7 Å². The van der Waals surface area contributed by atoms with Gasteiger partial charge in [-0.05, 0) is 54.7 Å². The fraction of sp³-hybridized carbons (Fsp3) is 0.333. The number of carbonyl (C=O) groups excluding carboxylic acids is 2. The van der Waals surface area contributed by atoms with E-state index in [9.17, 15) is 9.59 Å². The fourth-order valence-electron chi connectivity index (χ4n) is 3.11. The van der Waals surface area contributed by atoms with Gasteiger partial charge in [0.2, 0.25) is 11.8 Å². The molecule has 0 spiro atoms. The maximum Gasteiger partial charge on any atom is 0.246 e. The molecule has 1 aliphatic heterocycles. The summed E-state index contributed by atoms with van der Waals surface area (Å²) >= 11 is 5.85. The van der Waals surface area contributed by atoms with Gasteiger partial charge in [0.25, 0.3) is 0 Å². The lowest BCUT2D eigenvalue weighted by molar-refractivity contribution is -0.127. The largest absolute Gasteiger partial charge is 0.465 e. The SMILES string of the molecule is O=C(Cc1ccc(Cl)cc1)NCC1CCN(C(=O)C=Cc2ccco2)CC1. The number of piperidine rings is 1. The van der Waals surface area contributed by atoms with E-state index in [4.69, 9.17) is 16.0 Å². The number of likely N-dealkylation sites (tertiary alicyclic amines) is 1. The van der Waals surface area contributed by atoms with E-state index in [0.29, 0.717) is 42.8 Å². The van der Waals surface area contributed by atoms with Gasteiger partial charge in [-0.25, -0.2) is 0 Å². The van der Waals surface area contributed by atoms with Crippen LogP contribution in [0.25, 0.3) is 6.08 Å². The Hall–Kier alpha value is -2.53. The number of benzene rings is 1. The smallest absolute Gasteiger partial charge is 0.246 e. The van der Waals surface area contributed by atoms with Gasteiger partial charge >= 0.3 is 0 Å². The fourth-order valence-corrected chi connectivity index (χ4v) is 3.24. The third-order valence-corrected chi connectivity index (χ3v) is 4.98. The highest BCUT2D eigenvalue weighted by molar-refractivity contribution is 6.30. The minimum Gasteiger partial charge on any atom is -0.465 e. The maximum atomic E-state index is 12.2. The molecule has 1 aromatic heterocycles. The molecule has 1 aliphatic rings. The molecular weight excluding hydrogens is 364 g/mol. The Bertz CT molecular complexity index is 776. The van der Waals surface area contributed by atoms with Gasteiger partial charge in [0.1, 0.15) is 5.76 Å². The molecule has 27 heavy (non-hydrogen) atoms. The molecule has 1 saturated heterocycles. The van der Waals surface area contributed by atoms with Crippen molar-refractivity contribution in [3.63, 3.8) is 0 Å². The van der Waals surface area contributed by atoms with E-state index in [1.807, 2.05) is 23.1 Å². The topological polar surface area (TPSA) is 62.6 Å². The zero-order chi connectivity index (χ0) is 19.1. The van der Waals surface area contributed by atoms with Crippen LogP contribution in [-0.2, 0) is 16.0 Å². The first-order valence-corrected chi connectivity index (χ1v) is 9.49. The molecule has 0 aliphatic carbocycles. The lowest BCUT2D eigenvalue weighted by atomic mass is 9.96. The highest BCUT2D eigenvalue weighted by Crippen LogP contribution is 2.17. The molecular formula is C21H23ClN2O3. The summed E-state index contributed by atoms with van der Waals surface area (Å²) in [5.74, 6) is 1.08. The molecule has 1 aromatic carbocycles. The number of rotatable bonds is 6. The molecule has 6 heteroatoms. The number of nitrogens with zero attached hydrogens (tertiary/aromatic N) is 1. The number of nitrogens with one attached hydrogen (secondary N) is 1. The minimum absolute atomic E-state index is 0.00313. The molecule has 1 fully saturated rings. The van der Waals surface area contributed by atoms with Crippen molar-refractivity contribution in [2.24, 2.45) is 5.92 Å². The minimum atomic E-state index is -0.00313. The summed E-state index contributed by atoms with van der Waals surface area (Å²) in [6.45, 7) is 2.06. The van der Waals surface area contributed by atoms with Crippen molar-refractivity contribution in [3.8, 4) is 0 Å². The standard InChI is InChI=1S/C21H23ClN2O3/c22-18-5-3-16(4-6-18)14-20(25)23-15-17-9-11-24(12-10-17)21(26)8-7-19-2-1-13-27-19/h1-8,13,17H,9-12,14-15H2,(H,23,25). The number of hydrogen-bond donors (Lipinski definition) is 1. The Balaban J connectivity index is 1.37. The van der Waals surface area contributed by atoms with E-state index in [1.165, 1.54) is 0 Å². The molecule has 5 nitrogen and oxygen atoms in total. The Morgan fingerprint density at radius 3 is 2.59 bits per heavy atom. The number of amides is 2. The number of furan rings is 1. The summed E-state index contributed by atoms with van der Waals surface area (Å²) in [4.78, 5) is 26.1. The molecule has 2 amide bonds. The van der Waals surface area contributed by atoms with Crippen molar-refractivity contribution < 1.29 is 14.0 Å². The van der Waals surface area contributed by atoms with Gasteiger partial charge in [-0.1, -0.05) is 23.7 Å². The van der Waals surface area contributed by atoms with Crippen molar-refractivity contribution in [3.05, 3.63) is 65.1 Å². The van der Waals surface area contributed by atoms with Crippen LogP contribution in [0.3, 0.4) is 0 Å². The van der Waals surface area contributed by atoms with Crippen LogP contribution in [0.4, 0.5) is 0 Å². The maximum absolute atomic E-state index is 12.2. The van der Waals surface area contributed by atoms with Gasteiger partial charge in [-0.3, -0.25) is 9.59 Å². The normalized spacial score (nSPS) is 15.2. The molecule has 3 rings (SSSR count). The summed E-state index contributed by atoms with van der Waals surface area (Å²) in [7, 11) is 0. The average molecular weight is 387 g/mol. The first-order chi connectivity index (χ1) is 13.1. The van der Waals surface area contributed by atoms with Gasteiger partial charge in [0.15, 0.2) is 0 Å². The molecule has 2 heterocycles. The van der Waals surface area contributed by atoms with E-state index in [-0.39, 0.29) is 11.8 Å². The third-order valence-electron chi connectivity index (χ3n) is 4.73. The average Bonchev–Trinajstić information content (AvgIpc) is 3.20. The zero-order valence-corrected chi connectivity index (χ0v) is 15.8. The van der Waals surface area contributed by atoms with Crippen LogP contribution in [0.5, 0.6) is 0 Å². The van der Waals surface area contributed by atoms with Crippen molar-refractivity contribution in [2.75, 3.05) is 19.6 Å². The lowest BCUT2D eigenvalue weighted by Gasteiger charge is -2.31. The van der Waals surface area contributed by atoms with Crippen LogP contribution in [0.15, 0.2) is 53.2 Å². The third kappa shape index (κ3) is 6.00. The highest BCUT2D eigenvalue weighted by Gasteiger charge is 2.22.